The summed E-state index contributed by atoms with van der Waals surface area (Å²) in [6, 6.07) is 12.4. The van der Waals surface area contributed by atoms with Crippen LogP contribution in [0.1, 0.15) is 76.3 Å². The molecule has 0 radical (unpaired) electrons. The molecule has 0 aliphatic heterocycles. The van der Waals surface area contributed by atoms with E-state index in [2.05, 4.69) is 26.0 Å². The lowest BCUT2D eigenvalue weighted by Crippen LogP contribution is -1.95. The number of anilines is 2. The van der Waals surface area contributed by atoms with Gasteiger partial charge < -0.3 is 11.5 Å². The summed E-state index contributed by atoms with van der Waals surface area (Å²) in [7, 11) is 0. The minimum Gasteiger partial charge on any atom is -0.399 e. The zero-order valence-corrected chi connectivity index (χ0v) is 19.5. The van der Waals surface area contributed by atoms with Crippen molar-refractivity contribution in [3.05, 3.63) is 47.5 Å². The molecule has 2 aromatic rings. The number of benzene rings is 2. The summed E-state index contributed by atoms with van der Waals surface area (Å²) in [5, 5.41) is 0. The van der Waals surface area contributed by atoms with Gasteiger partial charge >= 0.3 is 0 Å². The number of hydrogen-bond donors (Lipinski definition) is 2. The second-order valence-corrected chi connectivity index (χ2v) is 9.40. The predicted octanol–water partition coefficient (Wildman–Crippen LogP) is 7.83. The quantitative estimate of drug-likeness (QED) is 0.181. The molecule has 0 fully saturated rings. The standard InChI is InChI=1S/C24H36N2OS2/c1-3-5-7-9-11-19-17-21(13-15-23(19)25)28-27-29-22-14-16-24(26)20(18-22)12-10-8-6-4-2/h13-18H,3-12,25-26H2,1-2H3. The molecular formula is C24H36N2OS2. The number of nitrogens with two attached hydrogens (primary N) is 2. The first kappa shape index (κ1) is 24.0. The van der Waals surface area contributed by atoms with Crippen molar-refractivity contribution in [2.45, 2.75) is 87.8 Å². The third-order valence-corrected chi connectivity index (χ3v) is 6.53. The molecule has 3 nitrogen and oxygen atoms in total. The largest absolute Gasteiger partial charge is 0.399 e. The fourth-order valence-corrected chi connectivity index (χ4v) is 4.67. The van der Waals surface area contributed by atoms with Crippen molar-refractivity contribution in [3.63, 3.8) is 0 Å². The van der Waals surface area contributed by atoms with Crippen molar-refractivity contribution >= 4 is 35.5 Å². The highest BCUT2D eigenvalue weighted by molar-refractivity contribution is 8.07. The lowest BCUT2D eigenvalue weighted by molar-refractivity contribution is 0.666. The van der Waals surface area contributed by atoms with Gasteiger partial charge in [0.25, 0.3) is 0 Å². The fourth-order valence-electron chi connectivity index (χ4n) is 3.28. The molecule has 160 valence electrons. The maximum atomic E-state index is 6.15. The van der Waals surface area contributed by atoms with Crippen molar-refractivity contribution in [3.8, 4) is 0 Å². The average molecular weight is 433 g/mol. The Bertz CT molecular complexity index is 675. The van der Waals surface area contributed by atoms with Gasteiger partial charge in [-0.25, -0.2) is 3.63 Å². The van der Waals surface area contributed by atoms with E-state index in [9.17, 15) is 0 Å². The maximum absolute atomic E-state index is 6.15. The van der Waals surface area contributed by atoms with E-state index < -0.39 is 0 Å². The molecule has 0 amide bonds. The van der Waals surface area contributed by atoms with Crippen LogP contribution in [0.15, 0.2) is 46.2 Å². The fraction of sp³-hybridized carbons (Fsp3) is 0.500. The topological polar surface area (TPSA) is 61.3 Å². The molecule has 0 unspecified atom stereocenters. The van der Waals surface area contributed by atoms with E-state index in [1.54, 1.807) is 0 Å². The Morgan fingerprint density at radius 1 is 0.655 bits per heavy atom. The van der Waals surface area contributed by atoms with Crippen LogP contribution < -0.4 is 11.5 Å². The van der Waals surface area contributed by atoms with Gasteiger partial charge in [-0.15, -0.1) is 0 Å². The van der Waals surface area contributed by atoms with Crippen molar-refractivity contribution in [1.29, 1.82) is 0 Å². The van der Waals surface area contributed by atoms with Gasteiger partial charge in [0.2, 0.25) is 0 Å². The third-order valence-electron chi connectivity index (χ3n) is 5.09. The summed E-state index contributed by atoms with van der Waals surface area (Å²) < 4.78 is 5.83. The molecule has 0 aliphatic rings. The van der Waals surface area contributed by atoms with Crippen LogP contribution in [0, 0.1) is 0 Å². The highest BCUT2D eigenvalue weighted by atomic mass is 32.2. The number of nitrogen functional groups attached to an aromatic ring is 2. The minimum absolute atomic E-state index is 0.879. The number of hydrogen-bond acceptors (Lipinski definition) is 5. The van der Waals surface area contributed by atoms with Crippen molar-refractivity contribution < 1.29 is 3.63 Å². The van der Waals surface area contributed by atoms with Crippen LogP contribution in [-0.2, 0) is 16.5 Å². The molecule has 5 heteroatoms. The lowest BCUT2D eigenvalue weighted by atomic mass is 10.0. The monoisotopic (exact) mass is 432 g/mol. The molecule has 0 bridgehead atoms. The average Bonchev–Trinajstić information content (AvgIpc) is 2.72. The number of rotatable bonds is 14. The lowest BCUT2D eigenvalue weighted by Gasteiger charge is -2.10. The van der Waals surface area contributed by atoms with Gasteiger partial charge in [0.05, 0.1) is 0 Å². The zero-order valence-electron chi connectivity index (χ0n) is 17.9. The van der Waals surface area contributed by atoms with Crippen molar-refractivity contribution in [1.82, 2.24) is 0 Å². The second-order valence-electron chi connectivity index (χ2n) is 7.58. The van der Waals surface area contributed by atoms with Crippen LogP contribution in [0.25, 0.3) is 0 Å². The summed E-state index contributed by atoms with van der Waals surface area (Å²) in [6.45, 7) is 4.47. The first-order valence-corrected chi connectivity index (χ1v) is 12.4. The third kappa shape index (κ3) is 8.93. The zero-order chi connectivity index (χ0) is 20.9. The molecule has 0 saturated carbocycles. The van der Waals surface area contributed by atoms with Gasteiger partial charge in [-0.3, -0.25) is 0 Å². The van der Waals surface area contributed by atoms with Crippen LogP contribution in [0.3, 0.4) is 0 Å². The second kappa shape index (κ2) is 13.8. The van der Waals surface area contributed by atoms with Crippen LogP contribution in [-0.4, -0.2) is 0 Å². The molecule has 29 heavy (non-hydrogen) atoms. The van der Waals surface area contributed by atoms with E-state index in [4.69, 9.17) is 15.1 Å². The van der Waals surface area contributed by atoms with Gasteiger partial charge in [-0.05, 0) is 73.2 Å². The van der Waals surface area contributed by atoms with Gasteiger partial charge in [0.15, 0.2) is 0 Å². The van der Waals surface area contributed by atoms with Gasteiger partial charge in [-0.1, -0.05) is 52.4 Å². The Hall–Kier alpha value is -1.30. The normalized spacial score (nSPS) is 11.1. The van der Waals surface area contributed by atoms with Crippen molar-refractivity contribution in [2.24, 2.45) is 0 Å². The Labute approximate surface area is 185 Å². The molecule has 4 N–H and O–H groups in total. The van der Waals surface area contributed by atoms with E-state index in [1.165, 1.54) is 86.6 Å². The van der Waals surface area contributed by atoms with Gasteiger partial charge in [0, 0.05) is 45.3 Å². The molecule has 2 aromatic carbocycles. The minimum atomic E-state index is 0.879. The summed E-state index contributed by atoms with van der Waals surface area (Å²) in [4.78, 5) is 2.18. The Balaban J connectivity index is 1.84. The van der Waals surface area contributed by atoms with E-state index in [0.717, 1.165) is 34.0 Å². The van der Waals surface area contributed by atoms with Gasteiger partial charge in [-0.2, -0.15) is 0 Å². The first-order valence-electron chi connectivity index (χ1n) is 10.9. The molecule has 0 aliphatic carbocycles. The molecule has 0 saturated heterocycles. The Morgan fingerprint density at radius 2 is 1.10 bits per heavy atom. The number of unbranched alkanes of at least 4 members (excludes halogenated alkanes) is 6. The predicted molar refractivity (Wildman–Crippen MR) is 130 cm³/mol. The van der Waals surface area contributed by atoms with E-state index in [0.29, 0.717) is 0 Å². The molecule has 0 atom stereocenters. The summed E-state index contributed by atoms with van der Waals surface area (Å²) in [5.41, 5.74) is 16.5. The summed E-state index contributed by atoms with van der Waals surface area (Å²) in [5.74, 6) is 0. The van der Waals surface area contributed by atoms with Crippen LogP contribution in [0.4, 0.5) is 11.4 Å². The first-order chi connectivity index (χ1) is 14.1. The van der Waals surface area contributed by atoms with Crippen LogP contribution in [0.5, 0.6) is 0 Å². The molecule has 2 rings (SSSR count). The van der Waals surface area contributed by atoms with E-state index in [1.807, 2.05) is 24.3 Å². The van der Waals surface area contributed by atoms with E-state index >= 15 is 0 Å². The highest BCUT2D eigenvalue weighted by Gasteiger charge is 2.06. The summed E-state index contributed by atoms with van der Waals surface area (Å²) >= 11 is 2.79. The van der Waals surface area contributed by atoms with Gasteiger partial charge in [0.1, 0.15) is 0 Å². The molecular weight excluding hydrogens is 396 g/mol. The SMILES string of the molecule is CCCCCCc1cc(SOSc2ccc(N)c(CCCCCC)c2)ccc1N. The molecule has 0 aromatic heterocycles. The summed E-state index contributed by atoms with van der Waals surface area (Å²) in [6.07, 6.45) is 12.0. The Morgan fingerprint density at radius 3 is 1.52 bits per heavy atom. The molecule has 0 heterocycles. The van der Waals surface area contributed by atoms with E-state index in [-0.39, 0.29) is 0 Å². The van der Waals surface area contributed by atoms with Crippen molar-refractivity contribution in [2.75, 3.05) is 11.5 Å². The van der Waals surface area contributed by atoms with Crippen LogP contribution >= 0.6 is 24.1 Å². The highest BCUT2D eigenvalue weighted by Crippen LogP contribution is 2.33. The smallest absolute Gasteiger partial charge is 0.0447 e. The van der Waals surface area contributed by atoms with Crippen LogP contribution in [0.2, 0.25) is 0 Å². The number of aryl methyl sites for hydroxylation is 2. The molecule has 0 spiro atoms. The Kier molecular flexibility index (Phi) is 11.4. The maximum Gasteiger partial charge on any atom is 0.0447 e.